The van der Waals surface area contributed by atoms with Crippen LogP contribution in [0.3, 0.4) is 0 Å². The normalized spacial score (nSPS) is 27.2. The Morgan fingerprint density at radius 2 is 0.442 bits per heavy atom. The summed E-state index contributed by atoms with van der Waals surface area (Å²) in [4.78, 5) is 48.7. The molecule has 13 atom stereocenters. The molecule has 12 heterocycles. The highest BCUT2D eigenvalue weighted by molar-refractivity contribution is 5.77. The van der Waals surface area contributed by atoms with Crippen LogP contribution in [0.2, 0.25) is 0 Å². The van der Waals surface area contributed by atoms with E-state index in [1.165, 1.54) is 84.8 Å². The molecule has 6 aromatic rings. The first-order valence-corrected chi connectivity index (χ1v) is 48.7. The topological polar surface area (TPSA) is 77.8 Å². The summed E-state index contributed by atoms with van der Waals surface area (Å²) in [7, 11) is 6.28. The van der Waals surface area contributed by atoms with Crippen molar-refractivity contribution in [2.24, 2.45) is 0 Å². The van der Waals surface area contributed by atoms with Gasteiger partial charge in [0.2, 0.25) is 0 Å². The summed E-state index contributed by atoms with van der Waals surface area (Å²) in [5, 5.41) is 0. The van der Waals surface area contributed by atoms with Crippen LogP contribution in [0.15, 0.2) is 258 Å². The minimum atomic E-state index is -3.10. The molecule has 0 aliphatic carbocycles. The number of nitrogens with zero attached hydrogens (tertiary/aromatic N) is 24. The van der Waals surface area contributed by atoms with Crippen molar-refractivity contribution in [3.8, 4) is 0 Å². The van der Waals surface area contributed by atoms with Gasteiger partial charge in [-0.15, -0.1) is 0 Å². The van der Waals surface area contributed by atoms with Crippen molar-refractivity contribution >= 4 is 68.2 Å². The molecule has 0 bridgehead atoms. The lowest BCUT2D eigenvalue weighted by molar-refractivity contribution is 0.262. The highest BCUT2D eigenvalue weighted by atomic mass is 15.5. The highest BCUT2D eigenvalue weighted by Crippen LogP contribution is 2.45. The lowest BCUT2D eigenvalue weighted by atomic mass is 10.1. The predicted octanol–water partition coefficient (Wildman–Crippen LogP) is 23.5. The monoisotopic (exact) mass is 1900 g/mol. The van der Waals surface area contributed by atoms with Gasteiger partial charge in [-0.25, -0.2) is 0 Å². The van der Waals surface area contributed by atoms with E-state index in [2.05, 4.69) is 355 Å². The molecule has 0 spiro atoms. The van der Waals surface area contributed by atoms with Crippen LogP contribution in [0.25, 0.3) is 0 Å². The first-order chi connectivity index (χ1) is 74.4. The van der Waals surface area contributed by atoms with Crippen LogP contribution >= 0.6 is 0 Å². The summed E-state index contributed by atoms with van der Waals surface area (Å²) in [6.07, 6.45) is 46.9. The number of anilines is 12. The van der Waals surface area contributed by atoms with Crippen molar-refractivity contribution in [2.45, 2.75) is 305 Å². The maximum Gasteiger partial charge on any atom is 0.103 e. The summed E-state index contributed by atoms with van der Waals surface area (Å²) in [6.45, 7) is 35.7. The molecule has 18 rings (SSSR count). The predicted molar refractivity (Wildman–Crippen MR) is 589 cm³/mol. The van der Waals surface area contributed by atoms with Crippen molar-refractivity contribution < 1.29 is 30.2 Å². The molecule has 24 heteroatoms. The van der Waals surface area contributed by atoms with Crippen LogP contribution in [0.1, 0.15) is 229 Å². The minimum Gasteiger partial charge on any atom is -0.359 e. The summed E-state index contributed by atoms with van der Waals surface area (Å²) < 4.78 is 172. The van der Waals surface area contributed by atoms with Gasteiger partial charge < -0.3 is 118 Å². The van der Waals surface area contributed by atoms with E-state index < -0.39 is 78.3 Å². The quantitative estimate of drug-likeness (QED) is 0.0727. The molecular formula is C114H168N24. The Hall–Kier alpha value is -12.6. The Kier molecular flexibility index (Phi) is 24.4. The third kappa shape index (κ3) is 20.6. The Morgan fingerprint density at radius 1 is 0.239 bits per heavy atom. The fourth-order valence-corrected chi connectivity index (χ4v) is 20.1. The van der Waals surface area contributed by atoms with Gasteiger partial charge in [0.15, 0.2) is 0 Å². The van der Waals surface area contributed by atoms with Gasteiger partial charge in [0.1, 0.15) is 74.0 Å². The van der Waals surface area contributed by atoms with Crippen molar-refractivity contribution in [1.82, 2.24) is 58.8 Å². The molecule has 6 aromatic carbocycles. The molecule has 24 nitrogen and oxygen atoms in total. The number of benzene rings is 6. The maximum absolute atomic E-state index is 8.53. The van der Waals surface area contributed by atoms with Crippen LogP contribution in [0, 0.1) is 41.5 Å². The van der Waals surface area contributed by atoms with E-state index in [4.69, 9.17) is 30.2 Å². The number of rotatable bonds is 20. The van der Waals surface area contributed by atoms with Crippen molar-refractivity contribution in [3.63, 3.8) is 0 Å². The first kappa shape index (κ1) is 76.4. The lowest BCUT2D eigenvalue weighted by Gasteiger charge is -2.36. The van der Waals surface area contributed by atoms with Crippen LogP contribution in [-0.4, -0.2) is 211 Å². The zero-order valence-electron chi connectivity index (χ0n) is 109. The van der Waals surface area contributed by atoms with Crippen LogP contribution in [-0.2, 0) is 0 Å². The van der Waals surface area contributed by atoms with E-state index in [1.807, 2.05) is 96.1 Å². The average molecular weight is 1900 g/mol. The third-order valence-corrected chi connectivity index (χ3v) is 29.4. The van der Waals surface area contributed by atoms with E-state index in [-0.39, 0.29) is 25.0 Å². The molecule has 12 aliphatic rings. The number of hydrogen-bond donors (Lipinski definition) is 0. The van der Waals surface area contributed by atoms with Crippen LogP contribution in [0.5, 0.6) is 0 Å². The second-order valence-electron chi connectivity index (χ2n) is 37.7. The second kappa shape index (κ2) is 44.0. The molecule has 138 heavy (non-hydrogen) atoms. The fourth-order valence-electron chi connectivity index (χ4n) is 20.1. The van der Waals surface area contributed by atoms with Gasteiger partial charge in [-0.05, 0) is 314 Å². The van der Waals surface area contributed by atoms with E-state index in [9.17, 15) is 0 Å². The summed E-state index contributed by atoms with van der Waals surface area (Å²) in [6, 6.07) is 33.4. The largest absolute Gasteiger partial charge is 0.359 e. The van der Waals surface area contributed by atoms with Gasteiger partial charge in [-0.3, -0.25) is 0 Å². The van der Waals surface area contributed by atoms with Crippen molar-refractivity contribution in [3.05, 3.63) is 291 Å². The van der Waals surface area contributed by atoms with E-state index in [1.54, 1.807) is 79.9 Å². The van der Waals surface area contributed by atoms with Gasteiger partial charge in [-0.1, -0.05) is 36.4 Å². The average Bonchev–Trinajstić information content (AvgIpc) is 1.50. The summed E-state index contributed by atoms with van der Waals surface area (Å²) in [5.41, 5.74) is 19.8. The Labute approximate surface area is 863 Å². The number of hydrogen-bond acceptors (Lipinski definition) is 24. The van der Waals surface area contributed by atoms with Gasteiger partial charge in [-0.2, -0.15) is 0 Å². The molecule has 0 aromatic heterocycles. The van der Waals surface area contributed by atoms with E-state index in [0.717, 1.165) is 63.1 Å². The van der Waals surface area contributed by atoms with E-state index >= 15 is 0 Å². The smallest absolute Gasteiger partial charge is 0.103 e. The van der Waals surface area contributed by atoms with Gasteiger partial charge in [0, 0.05) is 323 Å². The van der Waals surface area contributed by atoms with Crippen molar-refractivity contribution in [1.29, 1.82) is 0 Å². The van der Waals surface area contributed by atoms with Gasteiger partial charge in [0.05, 0.1) is 2.74 Å². The molecule has 0 fully saturated rings. The molecule has 12 aliphatic heterocycles. The molecule has 0 amide bonds. The molecule has 0 radical (unpaired) electrons. The highest BCUT2D eigenvalue weighted by Gasteiger charge is 2.37. The van der Waals surface area contributed by atoms with Crippen molar-refractivity contribution in [2.75, 3.05) is 113 Å². The third-order valence-electron chi connectivity index (χ3n) is 29.4. The zero-order valence-corrected chi connectivity index (χ0v) is 86.7. The fraction of sp³-hybridized carbons (Fsp3) is 0.474. The molecule has 0 N–H and O–H groups in total. The summed E-state index contributed by atoms with van der Waals surface area (Å²) >= 11 is 0. The Bertz CT molecular complexity index is 6290. The van der Waals surface area contributed by atoms with Gasteiger partial charge in [0.25, 0.3) is 0 Å². The maximum atomic E-state index is 8.53. The molecule has 0 saturated heterocycles. The molecule has 744 valence electrons. The lowest BCUT2D eigenvalue weighted by Crippen LogP contribution is -2.41. The Balaban J connectivity index is 0.000000160. The first-order valence-electron chi connectivity index (χ1n) is 59.7. The van der Waals surface area contributed by atoms with Crippen LogP contribution in [0.4, 0.5) is 68.2 Å². The van der Waals surface area contributed by atoms with E-state index in [0.29, 0.717) is 54.8 Å². The minimum absolute atomic E-state index is 0.0506. The second-order valence-corrected chi connectivity index (χ2v) is 37.7. The SMILES string of the molecule is CCN1C=CN(c2cccc(N3C=CN(CC)[C@@H]3C)c2C)[C@@H]1C.Cc1c(N2C=CN(C(C)C)[C@@H]2C)cccc1N1C=CN(C(C)C)[C@H]1C.Cc1c(N2C=CN(C)[C@H]2C)cccc1N1C=CN(C)[C@@H]1C.[2H]C([2H])([2H])C([2H])(C)N1C=CN(c2cccc(N3C=CN(C([2H])(C([2H])([2H])[2H])C([2H])([2H])[2H])[C@@H]3C)c2C)[C@@H]1C.[2H]C([2H])([2H])CN1C=CN(c2cccc(N3C=CN(C([2H])([2H])C([2H])([2H])[2H])[C@@H]3C)c2C)[C@@H]1C.[2H]C([2H])([2H])N1C=CN(c2cccc(N3C=CN(C)[C@H]3C)c2C)[C@H]1C. The van der Waals surface area contributed by atoms with Gasteiger partial charge >= 0.3 is 0 Å². The zero-order chi connectivity index (χ0) is 119. The molecule has 1 unspecified atom stereocenters. The molecule has 0 saturated carbocycles. The standard InChI is InChI=1S/2C21H32N4.2C19H28N4.2C17H24N4/c2*1-15(2)22-11-13-24(18(22)6)20-9-8-10-21(17(20)5)25-14-12-23(16(3)4)19(25)7;2*1-6-20-11-13-22(16(20)4)18-9-8-10-19(15(18)3)23-14-12-21(7-2)17(23)5;2*1-13-16(20-11-9-18(4)14(20)2)7-6-8-17(13)21-12-10-19(5)15(21)3/h2*8-16,18-19H,1-7H3;2*8-14,16-17H,6-7H2,1-5H3;2*6-12,14-15H,1-5H3/t2*18-,19+;2*16-,17+;2*14-,15+/i1D3,2D3,3D3,15D,16D;;1D3,2D3,6D2;;4D3;/t16?,18-,19+;;m;;m;/m0.0.0./s1. The Morgan fingerprint density at radius 3 is 0.659 bits per heavy atom. The molecular weight excluding hydrogens is 1710 g/mol. The van der Waals surface area contributed by atoms with Crippen LogP contribution < -0.4 is 58.8 Å². The summed E-state index contributed by atoms with van der Waals surface area (Å²) in [5.74, 6) is 0.